The van der Waals surface area contributed by atoms with Gasteiger partial charge in [-0.05, 0) is 55.4 Å². The van der Waals surface area contributed by atoms with Crippen molar-refractivity contribution in [2.24, 2.45) is 0 Å². The van der Waals surface area contributed by atoms with Crippen molar-refractivity contribution in [3.63, 3.8) is 0 Å². The standard InChI is InChI=1S/C13H22N3O3.C10H16N3O2.C8H14N3O.C8H13NO3.C5H9N2O.C3H6O.4C2H6.C2H2.2CH4.B4.B2.4Y/c1-13(2,3)19-12(18)16-8-11(9-16)15-6-4-14(10-17)5-7-15;1-9(15)13-6-10(7-13)12-4-2-11(8-14)3-5-12;12-7-10-1-3-11(4-2-10)8-5-9-6-8;1-8(2,3)12-7(11)9-4-6(10)5-9;8-5-7-3-1-6-2-4-7;1-3(2)4;5*1-2;;;1-4(2)3;1-2;;;;/h11H,4-9H2,1-3H3;10H,2-7H2,1H3;8-9H,1-6H2;4-5H2,1-3H3;6H,1-4H2;1-2H3;4*1-2H3;1-2H;2*1H4;;;;;;/q3*-1;;-1;;;;;;;;;;;;;;. The van der Waals surface area contributed by atoms with E-state index in [0.717, 1.165) is 150 Å². The molecule has 0 aromatic carbocycles. The predicted molar refractivity (Wildman–Crippen MR) is 363 cm³/mol. The van der Waals surface area contributed by atoms with Gasteiger partial charge in [-0.15, -0.1) is 12.8 Å². The first kappa shape index (κ1) is 116. The van der Waals surface area contributed by atoms with Crippen LogP contribution in [0.2, 0.25) is 0 Å². The molecule has 0 atom stereocenters. The van der Waals surface area contributed by atoms with Crippen LogP contribution < -0.4 is 10.6 Å². The van der Waals surface area contributed by atoms with Crippen molar-refractivity contribution in [1.82, 2.24) is 59.6 Å². The quantitative estimate of drug-likeness (QED) is 0.209. The van der Waals surface area contributed by atoms with Crippen molar-refractivity contribution in [2.45, 2.75) is 162 Å². The number of Topliss-reactive ketones (excluding diaryl/α,β-unsaturated/α-hetero) is 2. The maximum atomic E-state index is 11.8. The van der Waals surface area contributed by atoms with E-state index in [-0.39, 0.29) is 182 Å². The minimum atomic E-state index is -0.667. The molecule has 2 N–H and O–H groups in total. The molecule has 14 radical (unpaired) electrons. The van der Waals surface area contributed by atoms with Gasteiger partial charge in [0.1, 0.15) is 17.0 Å². The molecule has 8 aliphatic rings. The van der Waals surface area contributed by atoms with Crippen molar-refractivity contribution in [3.05, 3.63) is 0 Å². The van der Waals surface area contributed by atoms with Crippen LogP contribution in [0.25, 0.3) is 0 Å². The zero-order valence-corrected chi connectivity index (χ0v) is 69.4. The molecule has 0 aromatic rings. The first-order valence-corrected chi connectivity index (χ1v) is 30.1. The van der Waals surface area contributed by atoms with Gasteiger partial charge in [0.25, 0.3) is 0 Å². The van der Waals surface area contributed by atoms with Crippen molar-refractivity contribution in [1.29, 1.82) is 0 Å². The summed E-state index contributed by atoms with van der Waals surface area (Å²) in [7, 11) is 22.0. The number of ketones is 2. The third-order valence-electron chi connectivity index (χ3n) is 12.1. The van der Waals surface area contributed by atoms with Gasteiger partial charge in [-0.25, -0.2) is 9.59 Å². The third kappa shape index (κ3) is 58.4. The number of rotatable bonds is 7. The molecule has 92 heavy (non-hydrogen) atoms. The molecule has 0 spiro atoms. The first-order chi connectivity index (χ1) is 40.8. The van der Waals surface area contributed by atoms with Crippen LogP contribution in [-0.4, -0.2) is 336 Å². The van der Waals surface area contributed by atoms with Gasteiger partial charge in [-0.3, -0.25) is 29.2 Å². The number of nitrogens with one attached hydrogen (secondary N) is 2. The fourth-order valence-corrected chi connectivity index (χ4v) is 7.76. The second-order valence-electron chi connectivity index (χ2n) is 21.0. The first-order valence-electron chi connectivity index (χ1n) is 30.1. The summed E-state index contributed by atoms with van der Waals surface area (Å²) in [5.74, 6) is 0.409. The molecule has 0 bridgehead atoms. The Morgan fingerprint density at radius 3 is 0.913 bits per heavy atom. The number of hydrogen-bond acceptors (Lipinski definition) is 16. The molecule has 510 valence electrons. The van der Waals surface area contributed by atoms with E-state index in [1.165, 1.54) is 18.7 Å². The summed E-state index contributed by atoms with van der Waals surface area (Å²) in [5, 5.41) is 6.38. The van der Waals surface area contributed by atoms with Crippen LogP contribution in [0.5, 0.6) is 0 Å². The molecule has 23 nitrogen and oxygen atoms in total. The molecule has 8 heterocycles. The number of piperazine rings is 4. The number of likely N-dealkylation sites (tertiary alicyclic amines) is 3. The summed E-state index contributed by atoms with van der Waals surface area (Å²) >= 11 is 0. The maximum Gasteiger partial charge on any atom is 0.411 e. The number of ether oxygens (including phenoxy) is 2. The minimum absolute atomic E-state index is 0. The molecule has 8 aliphatic heterocycles. The molecule has 0 aliphatic carbocycles. The Morgan fingerprint density at radius 2 is 0.707 bits per heavy atom. The van der Waals surface area contributed by atoms with E-state index in [1.807, 2.05) is 107 Å². The number of amides is 7. The zero-order valence-electron chi connectivity index (χ0n) is 58.1. The van der Waals surface area contributed by atoms with E-state index in [2.05, 4.69) is 76.9 Å². The molecular formula is C59H114B6N12O11Y4-4. The van der Waals surface area contributed by atoms with Crippen LogP contribution in [0.4, 0.5) is 9.59 Å². The number of nitrogens with zero attached hydrogens (tertiary/aromatic N) is 10. The number of terminal acetylenes is 1. The smallest absolute Gasteiger partial charge is 0.411 e. The Balaban J connectivity index is -0.0000000922. The van der Waals surface area contributed by atoms with Gasteiger partial charge >= 0.3 is 12.2 Å². The van der Waals surface area contributed by atoms with E-state index < -0.39 is 23.7 Å². The monoisotopic (exact) mass is 1590 g/mol. The molecule has 0 unspecified atom stereocenters. The van der Waals surface area contributed by atoms with Gasteiger partial charge < -0.3 is 73.5 Å². The Morgan fingerprint density at radius 1 is 0.467 bits per heavy atom. The SMILES string of the molecule is C.C.C#C.CC.CC.CC.CC.CC(=O)N1CC(N2CCN([C-]=O)CC2)C1.CC(C)(C)OC(=O)N1CC(=O)C1.CC(C)(C)OC(=O)N1CC(N2CCN([C-]=O)CC2)C1.CC(C)=O.O=[C-]N1CCN(C2CNC2)CC1.O=[C-]N1CCNCC1.[B]B([B])[B].[B][B].[Y].[Y].[Y].[Y]. The van der Waals surface area contributed by atoms with Crippen molar-refractivity contribution >= 4 is 100 Å². The number of hydrogen-bond donors (Lipinski definition) is 2. The average Bonchev–Trinajstić information content (AvgIpc) is 3.45. The minimum Gasteiger partial charge on any atom is -0.520 e. The molecule has 8 rings (SSSR count). The van der Waals surface area contributed by atoms with Crippen LogP contribution in [0, 0.1) is 12.8 Å². The second kappa shape index (κ2) is 71.7. The summed E-state index contributed by atoms with van der Waals surface area (Å²) < 4.78 is 10.3. The fraction of sp³-hybridized carbons (Fsp3) is 0.814. The van der Waals surface area contributed by atoms with E-state index in [9.17, 15) is 43.2 Å². The Bertz CT molecular complexity index is 1810. The normalized spacial score (nSPS) is 16.9. The van der Waals surface area contributed by atoms with Gasteiger partial charge in [-0.2, -0.15) is 25.6 Å². The number of carbonyl (C=O) groups excluding carboxylic acids is 9. The van der Waals surface area contributed by atoms with Crippen molar-refractivity contribution < 1.29 is 183 Å². The van der Waals surface area contributed by atoms with Gasteiger partial charge in [0.2, 0.25) is 5.91 Å². The topological polar surface area (TPSA) is 229 Å². The van der Waals surface area contributed by atoms with Crippen LogP contribution in [0.1, 0.15) is 133 Å². The van der Waals surface area contributed by atoms with E-state index in [0.29, 0.717) is 12.1 Å². The summed E-state index contributed by atoms with van der Waals surface area (Å²) in [6.07, 6.45) is 14.3. The van der Waals surface area contributed by atoms with Crippen molar-refractivity contribution in [3.8, 4) is 12.8 Å². The largest absolute Gasteiger partial charge is 0.520 e. The average molecular weight is 1590 g/mol. The summed E-state index contributed by atoms with van der Waals surface area (Å²) in [6, 6.07) is 1.63. The van der Waals surface area contributed by atoms with Gasteiger partial charge in [0.15, 0.2) is 5.78 Å². The molecule has 33 heteroatoms. The maximum absolute atomic E-state index is 11.8. The Kier molecular flexibility index (Phi) is 90.0. The van der Waals surface area contributed by atoms with Crippen LogP contribution in [-0.2, 0) is 174 Å². The fourth-order valence-electron chi connectivity index (χ4n) is 7.76. The van der Waals surface area contributed by atoms with Crippen LogP contribution in [0.15, 0.2) is 0 Å². The molecule has 0 aromatic heterocycles. The van der Waals surface area contributed by atoms with Crippen LogP contribution in [0.3, 0.4) is 0 Å². The molecule has 8 saturated heterocycles. The predicted octanol–water partition coefficient (Wildman–Crippen LogP) is 1.53. The Labute approximate surface area is 667 Å². The summed E-state index contributed by atoms with van der Waals surface area (Å²) in [4.78, 5) is 114. The molecule has 8 fully saturated rings. The molecule has 7 amide bonds. The number of carbonyl (C=O) groups is 5. The van der Waals surface area contributed by atoms with Gasteiger partial charge in [-0.1, -0.05) is 70.2 Å². The van der Waals surface area contributed by atoms with E-state index >= 15 is 0 Å². The Hall–Kier alpha value is -0.605. The van der Waals surface area contributed by atoms with E-state index in [4.69, 9.17) is 9.47 Å². The van der Waals surface area contributed by atoms with Crippen molar-refractivity contribution in [2.75, 3.05) is 157 Å². The second-order valence-corrected chi connectivity index (χ2v) is 21.0. The van der Waals surface area contributed by atoms with Gasteiger partial charge in [0, 0.05) is 345 Å². The molecular weight excluding hydrogens is 1470 g/mol. The van der Waals surface area contributed by atoms with Crippen LogP contribution >= 0.6 is 0 Å². The van der Waals surface area contributed by atoms with E-state index in [1.54, 1.807) is 52.2 Å². The zero-order chi connectivity index (χ0) is 67.6. The summed E-state index contributed by atoms with van der Waals surface area (Å²) in [6.45, 7) is 51.1. The third-order valence-corrected chi connectivity index (χ3v) is 12.1. The summed E-state index contributed by atoms with van der Waals surface area (Å²) in [5.41, 5.74) is -0.913. The molecule has 0 saturated carbocycles. The van der Waals surface area contributed by atoms with Gasteiger partial charge in [0.05, 0.1) is 13.1 Å².